The van der Waals surface area contributed by atoms with Gasteiger partial charge in [-0.3, -0.25) is 0 Å². The van der Waals surface area contributed by atoms with Gasteiger partial charge in [-0.05, 0) is 25.7 Å². The largest absolute Gasteiger partial charge is 0.393 e. The van der Waals surface area contributed by atoms with Gasteiger partial charge in [-0.25, -0.2) is 9.97 Å². The van der Waals surface area contributed by atoms with E-state index in [9.17, 15) is 5.11 Å². The highest BCUT2D eigenvalue weighted by atomic mass is 16.3. The first-order chi connectivity index (χ1) is 7.79. The standard InChI is InChI=1S/C11H14N4O/c12-7-10-11(14-6-5-13-10)15-8-1-3-9(16)4-2-8/h5-6,8-9,16H,1-4H2,(H,14,15). The molecule has 1 aromatic heterocycles. The average molecular weight is 218 g/mol. The summed E-state index contributed by atoms with van der Waals surface area (Å²) in [5.41, 5.74) is 0.327. The Balaban J connectivity index is 2.01. The Bertz CT molecular complexity index is 393. The molecule has 1 aliphatic carbocycles. The van der Waals surface area contributed by atoms with Gasteiger partial charge in [0.15, 0.2) is 11.5 Å². The molecule has 84 valence electrons. The van der Waals surface area contributed by atoms with Crippen LogP contribution in [0.1, 0.15) is 31.4 Å². The summed E-state index contributed by atoms with van der Waals surface area (Å²) in [5.74, 6) is 0.548. The fourth-order valence-corrected chi connectivity index (χ4v) is 1.94. The average Bonchev–Trinajstić information content (AvgIpc) is 2.33. The van der Waals surface area contributed by atoms with Gasteiger partial charge < -0.3 is 10.4 Å². The predicted molar refractivity (Wildman–Crippen MR) is 58.6 cm³/mol. The van der Waals surface area contributed by atoms with E-state index in [0.717, 1.165) is 25.7 Å². The molecule has 5 heteroatoms. The van der Waals surface area contributed by atoms with Crippen molar-refractivity contribution in [3.63, 3.8) is 0 Å². The molecule has 1 saturated carbocycles. The Hall–Kier alpha value is -1.67. The van der Waals surface area contributed by atoms with Crippen LogP contribution in [0.15, 0.2) is 12.4 Å². The summed E-state index contributed by atoms with van der Waals surface area (Å²) in [6.07, 6.45) is 6.33. The Morgan fingerprint density at radius 2 is 1.94 bits per heavy atom. The zero-order valence-corrected chi connectivity index (χ0v) is 8.93. The molecule has 0 saturated heterocycles. The van der Waals surface area contributed by atoms with Crippen molar-refractivity contribution in [1.82, 2.24) is 9.97 Å². The highest BCUT2D eigenvalue weighted by Crippen LogP contribution is 2.21. The van der Waals surface area contributed by atoms with Gasteiger partial charge in [-0.15, -0.1) is 0 Å². The zero-order chi connectivity index (χ0) is 11.4. The molecule has 5 nitrogen and oxygen atoms in total. The number of aromatic nitrogens is 2. The number of aliphatic hydroxyl groups excluding tert-OH is 1. The Morgan fingerprint density at radius 3 is 2.62 bits per heavy atom. The maximum atomic E-state index is 9.39. The summed E-state index contributed by atoms with van der Waals surface area (Å²) in [6, 6.07) is 2.29. The second kappa shape index (κ2) is 4.90. The van der Waals surface area contributed by atoms with E-state index in [2.05, 4.69) is 15.3 Å². The number of nitrogens with one attached hydrogen (secondary N) is 1. The quantitative estimate of drug-likeness (QED) is 0.775. The van der Waals surface area contributed by atoms with Gasteiger partial charge in [-0.2, -0.15) is 5.26 Å². The topological polar surface area (TPSA) is 81.8 Å². The molecule has 0 aromatic carbocycles. The number of anilines is 1. The van der Waals surface area contributed by atoms with Gasteiger partial charge in [0.05, 0.1) is 6.10 Å². The van der Waals surface area contributed by atoms with Crippen LogP contribution in [0.5, 0.6) is 0 Å². The number of hydrogen-bond donors (Lipinski definition) is 2. The third-order valence-corrected chi connectivity index (χ3v) is 2.84. The van der Waals surface area contributed by atoms with E-state index in [1.54, 1.807) is 6.20 Å². The molecule has 0 radical (unpaired) electrons. The fourth-order valence-electron chi connectivity index (χ4n) is 1.94. The minimum Gasteiger partial charge on any atom is -0.393 e. The van der Waals surface area contributed by atoms with E-state index in [4.69, 9.17) is 5.26 Å². The molecule has 0 spiro atoms. The van der Waals surface area contributed by atoms with E-state index >= 15 is 0 Å². The van der Waals surface area contributed by atoms with Crippen LogP contribution in [0.25, 0.3) is 0 Å². The number of rotatable bonds is 2. The molecule has 1 aromatic rings. The monoisotopic (exact) mass is 218 g/mol. The first-order valence-electron chi connectivity index (χ1n) is 5.45. The van der Waals surface area contributed by atoms with Crippen LogP contribution < -0.4 is 5.32 Å². The molecule has 0 amide bonds. The molecule has 0 aliphatic heterocycles. The van der Waals surface area contributed by atoms with E-state index in [0.29, 0.717) is 11.5 Å². The molecule has 1 fully saturated rings. The summed E-state index contributed by atoms with van der Waals surface area (Å²) in [4.78, 5) is 8.05. The lowest BCUT2D eigenvalue weighted by Gasteiger charge is -2.26. The van der Waals surface area contributed by atoms with Gasteiger partial charge in [-0.1, -0.05) is 0 Å². The maximum absolute atomic E-state index is 9.39. The Labute approximate surface area is 94.2 Å². The first-order valence-corrected chi connectivity index (χ1v) is 5.45. The number of nitriles is 1. The Morgan fingerprint density at radius 1 is 1.25 bits per heavy atom. The molecular formula is C11H14N4O. The third kappa shape index (κ3) is 2.47. The molecule has 0 bridgehead atoms. The van der Waals surface area contributed by atoms with Crippen molar-refractivity contribution in [3.05, 3.63) is 18.1 Å². The smallest absolute Gasteiger partial charge is 0.182 e. The summed E-state index contributed by atoms with van der Waals surface area (Å²) in [7, 11) is 0. The highest BCUT2D eigenvalue weighted by Gasteiger charge is 2.20. The number of hydrogen-bond acceptors (Lipinski definition) is 5. The van der Waals surface area contributed by atoms with Gasteiger partial charge in [0, 0.05) is 18.4 Å². The third-order valence-electron chi connectivity index (χ3n) is 2.84. The fraction of sp³-hybridized carbons (Fsp3) is 0.545. The molecule has 2 N–H and O–H groups in total. The summed E-state index contributed by atoms with van der Waals surface area (Å²) in [6.45, 7) is 0. The van der Waals surface area contributed by atoms with Crippen LogP contribution in [0.2, 0.25) is 0 Å². The molecule has 1 aliphatic rings. The van der Waals surface area contributed by atoms with Crippen molar-refractivity contribution in [1.29, 1.82) is 5.26 Å². The molecule has 1 heterocycles. The van der Waals surface area contributed by atoms with E-state index in [-0.39, 0.29) is 12.1 Å². The second-order valence-electron chi connectivity index (χ2n) is 4.02. The van der Waals surface area contributed by atoms with Crippen molar-refractivity contribution in [2.75, 3.05) is 5.32 Å². The molecule has 16 heavy (non-hydrogen) atoms. The number of aliphatic hydroxyl groups is 1. The van der Waals surface area contributed by atoms with Crippen molar-refractivity contribution in [2.45, 2.75) is 37.8 Å². The van der Waals surface area contributed by atoms with Gasteiger partial charge in [0.2, 0.25) is 0 Å². The lowest BCUT2D eigenvalue weighted by atomic mass is 9.93. The molecule has 0 atom stereocenters. The molecule has 0 unspecified atom stereocenters. The highest BCUT2D eigenvalue weighted by molar-refractivity contribution is 5.47. The lowest BCUT2D eigenvalue weighted by molar-refractivity contribution is 0.126. The van der Waals surface area contributed by atoms with Crippen LogP contribution in [0.4, 0.5) is 5.82 Å². The number of nitrogens with zero attached hydrogens (tertiary/aromatic N) is 3. The van der Waals surface area contributed by atoms with Crippen LogP contribution in [0.3, 0.4) is 0 Å². The Kier molecular flexibility index (Phi) is 3.32. The lowest BCUT2D eigenvalue weighted by Crippen LogP contribution is -2.28. The minimum absolute atomic E-state index is 0.171. The van der Waals surface area contributed by atoms with Crippen LogP contribution in [-0.2, 0) is 0 Å². The van der Waals surface area contributed by atoms with Crippen molar-refractivity contribution >= 4 is 5.82 Å². The van der Waals surface area contributed by atoms with Crippen LogP contribution in [0, 0.1) is 11.3 Å². The minimum atomic E-state index is -0.171. The van der Waals surface area contributed by atoms with E-state index in [1.165, 1.54) is 6.20 Å². The van der Waals surface area contributed by atoms with Crippen LogP contribution in [-0.4, -0.2) is 27.2 Å². The SMILES string of the molecule is N#Cc1nccnc1NC1CCC(O)CC1. The predicted octanol–water partition coefficient (Wildman–Crippen LogP) is 1.06. The summed E-state index contributed by atoms with van der Waals surface area (Å²) in [5, 5.41) is 21.5. The van der Waals surface area contributed by atoms with E-state index < -0.39 is 0 Å². The van der Waals surface area contributed by atoms with Gasteiger partial charge >= 0.3 is 0 Å². The normalized spacial score (nSPS) is 24.8. The van der Waals surface area contributed by atoms with E-state index in [1.807, 2.05) is 6.07 Å². The summed E-state index contributed by atoms with van der Waals surface area (Å²) >= 11 is 0. The first kappa shape index (κ1) is 10.8. The zero-order valence-electron chi connectivity index (χ0n) is 8.93. The summed E-state index contributed by atoms with van der Waals surface area (Å²) < 4.78 is 0. The van der Waals surface area contributed by atoms with Gasteiger partial charge in [0.25, 0.3) is 0 Å². The van der Waals surface area contributed by atoms with Crippen molar-refractivity contribution < 1.29 is 5.11 Å². The maximum Gasteiger partial charge on any atom is 0.182 e. The second-order valence-corrected chi connectivity index (χ2v) is 4.02. The van der Waals surface area contributed by atoms with Crippen LogP contribution >= 0.6 is 0 Å². The van der Waals surface area contributed by atoms with Crippen molar-refractivity contribution in [3.8, 4) is 6.07 Å². The molecule has 2 rings (SSSR count). The van der Waals surface area contributed by atoms with Crippen molar-refractivity contribution in [2.24, 2.45) is 0 Å². The van der Waals surface area contributed by atoms with Gasteiger partial charge in [0.1, 0.15) is 6.07 Å². The molecular weight excluding hydrogens is 204 g/mol.